The molecule has 430 valence electrons. The maximum absolute atomic E-state index is 14.2. The molecule has 4 bridgehead atoms. The first-order valence-electron chi connectivity index (χ1n) is 26.6. The molecule has 2 atom stereocenters. The summed E-state index contributed by atoms with van der Waals surface area (Å²) >= 11 is 6.02. The number of nitrogens with one attached hydrogen (secondary N) is 5. The SMILES string of the molecule is CC.CCCCNC(=O)OC(C)(C)C.CCOC(=O)CCC(=O)CNC(=O)C1Cc2ccc3c(c2)-c2cc(ccc2B3OOC(=O)OC(C)(C)C)C(N(C)C(=O)CNC(=O)c2ccc(-c3ccc(Cl)cc3)cc2)C(=O)NCC(=O)N1. The molecule has 0 saturated heterocycles. The summed E-state index contributed by atoms with van der Waals surface area (Å²) in [5.41, 5.74) is 3.88. The van der Waals surface area contributed by atoms with Crippen molar-refractivity contribution in [3.8, 4) is 22.3 Å². The van der Waals surface area contributed by atoms with Gasteiger partial charge in [0, 0.05) is 37.0 Å². The third kappa shape index (κ3) is 20.2. The van der Waals surface area contributed by atoms with Crippen LogP contribution in [0.5, 0.6) is 0 Å². The number of carbonyl (C=O) groups is 9. The van der Waals surface area contributed by atoms with Crippen molar-refractivity contribution in [3.63, 3.8) is 0 Å². The van der Waals surface area contributed by atoms with Crippen LogP contribution in [0.15, 0.2) is 84.9 Å². The normalized spacial score (nSPS) is 14.4. The van der Waals surface area contributed by atoms with Gasteiger partial charge in [-0.25, -0.2) is 14.4 Å². The van der Waals surface area contributed by atoms with Crippen LogP contribution < -0.4 is 37.5 Å². The maximum Gasteiger partial charge on any atom is 0.539 e. The number of alkyl carbamates (subject to hydrolysis) is 1. The Morgan fingerprint density at radius 1 is 0.750 bits per heavy atom. The van der Waals surface area contributed by atoms with Crippen LogP contribution in [0.2, 0.25) is 5.02 Å². The quantitative estimate of drug-likeness (QED) is 0.0191. The number of carbonyl (C=O) groups excluding carboxylic acids is 9. The van der Waals surface area contributed by atoms with Gasteiger partial charge in [0.15, 0.2) is 5.78 Å². The van der Waals surface area contributed by atoms with E-state index in [2.05, 4.69) is 33.5 Å². The first kappa shape index (κ1) is 64.7. The molecule has 6 rings (SSSR count). The van der Waals surface area contributed by atoms with E-state index in [1.165, 1.54) is 7.05 Å². The standard InChI is InChI=1S/C47H49BClN5O12.C9H19NO2.C2H6/c1-6-63-41(58)20-17-33(55)24-50-44(60)38-22-27-7-18-36-34(21-27)35-23-31(14-19-37(35)48(36)66-65-46(62)64-47(2,3)4)42(45(61)51-25-39(56)53-38)54(5)40(57)26-52-43(59)30-10-8-28(9-11-30)29-12-15-32(49)16-13-29;1-5-6-7-10-8(11)12-9(2,3)4;1-2/h7-16,18-19,21,23,38,42H,6,17,20,22,24-26H2,1-5H3,(H,50,60)(H,51,61)(H,52,59)(H,53,56);5-7H2,1-4H3,(H,10,11);1-2H3. The number of Topliss-reactive ketones (excluding diaryl/α,β-unsaturated/α-hetero) is 1. The number of fused-ring (bicyclic) bond motifs is 2. The second-order valence-electron chi connectivity index (χ2n) is 20.4. The van der Waals surface area contributed by atoms with E-state index in [4.69, 9.17) is 35.5 Å². The molecule has 22 heteroatoms. The number of rotatable bonds is 17. The fraction of sp³-hybridized carbons (Fsp3) is 0.431. The Morgan fingerprint density at radius 2 is 1.36 bits per heavy atom. The largest absolute Gasteiger partial charge is 0.539 e. The maximum atomic E-state index is 14.2. The Kier molecular flexibility index (Phi) is 24.7. The number of ether oxygens (including phenoxy) is 3. The molecule has 4 aromatic carbocycles. The fourth-order valence-corrected chi connectivity index (χ4v) is 8.19. The lowest BCUT2D eigenvalue weighted by atomic mass is 9.59. The summed E-state index contributed by atoms with van der Waals surface area (Å²) in [5, 5.41) is 13.6. The zero-order valence-corrected chi connectivity index (χ0v) is 48.2. The minimum atomic E-state index is -1.35. The Hall–Kier alpha value is -7.78. The molecular weight excluding hydrogens is 1050 g/mol. The Labute approximate surface area is 473 Å². The Balaban J connectivity index is 0.000000871. The predicted molar refractivity (Wildman–Crippen MR) is 303 cm³/mol. The molecule has 4 aromatic rings. The third-order valence-corrected chi connectivity index (χ3v) is 12.1. The summed E-state index contributed by atoms with van der Waals surface area (Å²) < 4.78 is 15.2. The smallest absolute Gasteiger partial charge is 0.466 e. The minimum Gasteiger partial charge on any atom is -0.466 e. The van der Waals surface area contributed by atoms with Crippen molar-refractivity contribution in [2.45, 2.75) is 125 Å². The van der Waals surface area contributed by atoms with Gasteiger partial charge >= 0.3 is 25.1 Å². The summed E-state index contributed by atoms with van der Waals surface area (Å²) in [6, 6.07) is 21.5. The van der Waals surface area contributed by atoms with Gasteiger partial charge in [-0.3, -0.25) is 38.4 Å². The number of halogens is 1. The fourth-order valence-electron chi connectivity index (χ4n) is 8.07. The van der Waals surface area contributed by atoms with Gasteiger partial charge in [-0.1, -0.05) is 93.4 Å². The van der Waals surface area contributed by atoms with Crippen molar-refractivity contribution in [1.29, 1.82) is 0 Å². The van der Waals surface area contributed by atoms with E-state index in [0.29, 0.717) is 50.3 Å². The number of unbranched alkanes of at least 4 members (excludes halogenated alkanes) is 1. The molecule has 0 aliphatic carbocycles. The first-order valence-corrected chi connectivity index (χ1v) is 27.0. The lowest BCUT2D eigenvalue weighted by Crippen LogP contribution is -2.52. The van der Waals surface area contributed by atoms with Gasteiger partial charge in [-0.05, 0) is 130 Å². The lowest BCUT2D eigenvalue weighted by molar-refractivity contribution is -0.182. The highest BCUT2D eigenvalue weighted by Crippen LogP contribution is 2.31. The molecule has 2 aliphatic heterocycles. The van der Waals surface area contributed by atoms with Crippen LogP contribution in [0, 0.1) is 0 Å². The van der Waals surface area contributed by atoms with Crippen molar-refractivity contribution < 1.29 is 67.1 Å². The average molecular weight is 1130 g/mol. The first-order chi connectivity index (χ1) is 37.9. The number of hydrogen-bond acceptors (Lipinski definition) is 14. The van der Waals surface area contributed by atoms with Gasteiger partial charge in [-0.15, -0.1) is 0 Å². The van der Waals surface area contributed by atoms with Gasteiger partial charge in [0.2, 0.25) is 23.6 Å². The average Bonchev–Trinajstić information content (AvgIpc) is 3.76. The topological polar surface area (TPSA) is 263 Å². The van der Waals surface area contributed by atoms with Crippen molar-refractivity contribution in [2.75, 3.05) is 39.8 Å². The number of nitrogens with zero attached hydrogens (tertiary/aromatic N) is 1. The summed E-state index contributed by atoms with van der Waals surface area (Å²) in [5.74, 6) is -4.38. The third-order valence-electron chi connectivity index (χ3n) is 11.8. The van der Waals surface area contributed by atoms with E-state index in [1.807, 2.05) is 46.8 Å². The summed E-state index contributed by atoms with van der Waals surface area (Å²) in [6.07, 6.45) is 0.297. The van der Waals surface area contributed by atoms with Crippen LogP contribution >= 0.6 is 11.6 Å². The van der Waals surface area contributed by atoms with E-state index >= 15 is 0 Å². The molecule has 20 nitrogen and oxygen atoms in total. The van der Waals surface area contributed by atoms with Crippen LogP contribution in [-0.4, -0.2) is 122 Å². The molecule has 2 aliphatic rings. The second kappa shape index (κ2) is 30.6. The van der Waals surface area contributed by atoms with Gasteiger partial charge in [-0.2, -0.15) is 0 Å². The van der Waals surface area contributed by atoms with Gasteiger partial charge < -0.3 is 45.7 Å². The van der Waals surface area contributed by atoms with E-state index < -0.39 is 97.3 Å². The molecule has 0 aromatic heterocycles. The van der Waals surface area contributed by atoms with Crippen molar-refractivity contribution in [3.05, 3.63) is 107 Å². The van der Waals surface area contributed by atoms with E-state index in [0.717, 1.165) is 28.9 Å². The molecular formula is C58H74BClN6O14. The van der Waals surface area contributed by atoms with Crippen LogP contribution in [0.3, 0.4) is 0 Å². The monoisotopic (exact) mass is 1120 g/mol. The molecule has 2 heterocycles. The zero-order chi connectivity index (χ0) is 59.3. The highest BCUT2D eigenvalue weighted by Gasteiger charge is 2.40. The molecule has 80 heavy (non-hydrogen) atoms. The van der Waals surface area contributed by atoms with E-state index in [1.54, 1.807) is 100 Å². The Bertz CT molecular complexity index is 2830. The van der Waals surface area contributed by atoms with Gasteiger partial charge in [0.1, 0.15) is 23.3 Å². The number of esters is 1. The number of amides is 6. The predicted octanol–water partition coefficient (Wildman–Crippen LogP) is 6.43. The lowest BCUT2D eigenvalue weighted by Gasteiger charge is -2.28. The highest BCUT2D eigenvalue weighted by atomic mass is 35.5. The number of hydrogen-bond donors (Lipinski definition) is 5. The molecule has 0 spiro atoms. The molecule has 0 saturated carbocycles. The molecule has 0 radical (unpaired) electrons. The van der Waals surface area contributed by atoms with Crippen LogP contribution in [-0.2, 0) is 59.1 Å². The molecule has 5 N–H and O–H groups in total. The van der Waals surface area contributed by atoms with E-state index in [9.17, 15) is 43.2 Å². The molecule has 6 amide bonds. The summed E-state index contributed by atoms with van der Waals surface area (Å²) in [6.45, 7) is 16.7. The van der Waals surface area contributed by atoms with Gasteiger partial charge in [0.25, 0.3) is 5.91 Å². The number of likely N-dealkylation sites (N-methyl/N-ethyl adjacent to an activating group) is 1. The Morgan fingerprint density at radius 3 is 1.98 bits per heavy atom. The number of benzene rings is 4. The van der Waals surface area contributed by atoms with Crippen LogP contribution in [0.1, 0.15) is 122 Å². The summed E-state index contributed by atoms with van der Waals surface area (Å²) in [7, 11) is 1.39. The van der Waals surface area contributed by atoms with E-state index in [-0.39, 0.29) is 32.0 Å². The van der Waals surface area contributed by atoms with Crippen molar-refractivity contribution in [2.24, 2.45) is 0 Å². The number of ketones is 1. The van der Waals surface area contributed by atoms with Crippen molar-refractivity contribution >= 4 is 83.0 Å². The van der Waals surface area contributed by atoms with Crippen molar-refractivity contribution in [1.82, 2.24) is 31.5 Å². The van der Waals surface area contributed by atoms with Crippen LogP contribution in [0.25, 0.3) is 22.3 Å². The van der Waals surface area contributed by atoms with Crippen LogP contribution in [0.4, 0.5) is 9.59 Å². The van der Waals surface area contributed by atoms with Gasteiger partial charge in [0.05, 0.1) is 32.7 Å². The zero-order valence-electron chi connectivity index (χ0n) is 47.4. The summed E-state index contributed by atoms with van der Waals surface area (Å²) in [4.78, 5) is 128. The molecule has 0 fully saturated rings. The molecule has 2 unspecified atom stereocenters. The second-order valence-corrected chi connectivity index (χ2v) is 20.8. The minimum absolute atomic E-state index is 0.0527. The highest BCUT2D eigenvalue weighted by molar-refractivity contribution is 6.84.